The molecule has 116 valence electrons. The highest BCUT2D eigenvalue weighted by Gasteiger charge is 2.14. The van der Waals surface area contributed by atoms with Crippen LogP contribution in [0.5, 0.6) is 5.75 Å². The van der Waals surface area contributed by atoms with Crippen molar-refractivity contribution < 1.29 is 19.6 Å². The second-order valence-electron chi connectivity index (χ2n) is 4.50. The van der Waals surface area contributed by atoms with Crippen molar-refractivity contribution in [2.45, 2.75) is 25.7 Å². The Kier molecular flexibility index (Phi) is 7.81. The van der Waals surface area contributed by atoms with E-state index in [1.807, 2.05) is 0 Å². The van der Waals surface area contributed by atoms with E-state index in [0.717, 1.165) is 25.7 Å². The molecule has 0 unspecified atom stereocenters. The van der Waals surface area contributed by atoms with Crippen molar-refractivity contribution in [3.05, 3.63) is 34.4 Å². The summed E-state index contributed by atoms with van der Waals surface area (Å²) < 4.78 is 5.17. The minimum Gasteiger partial charge on any atom is -0.477 e. The highest BCUT2D eigenvalue weighted by atomic mass is 16.6. The molecule has 0 saturated carbocycles. The number of aliphatic hydroxyl groups excluding tert-OH is 1. The number of unbranched alkanes of at least 4 members (excludes halogenated alkanes) is 3. The van der Waals surface area contributed by atoms with Gasteiger partial charge < -0.3 is 15.2 Å². The van der Waals surface area contributed by atoms with Crippen LogP contribution < -0.4 is 10.1 Å². The van der Waals surface area contributed by atoms with Crippen molar-refractivity contribution in [3.63, 3.8) is 0 Å². The molecule has 2 N–H and O–H groups in total. The standard InChI is InChI=1S/C14H20N2O5/c17-10-6-2-1-5-9-15-14(18)11-21-13-8-4-3-7-12(13)16(19)20/h3-4,7-8,17H,1-2,5-6,9-11H2,(H,15,18). The third-order valence-corrected chi connectivity index (χ3v) is 2.83. The fraction of sp³-hybridized carbons (Fsp3) is 0.500. The van der Waals surface area contributed by atoms with Gasteiger partial charge >= 0.3 is 5.69 Å². The van der Waals surface area contributed by atoms with Crippen molar-refractivity contribution in [1.29, 1.82) is 0 Å². The van der Waals surface area contributed by atoms with Crippen LogP contribution in [0, 0.1) is 10.1 Å². The van der Waals surface area contributed by atoms with Crippen LogP contribution in [0.15, 0.2) is 24.3 Å². The van der Waals surface area contributed by atoms with Gasteiger partial charge in [0.1, 0.15) is 0 Å². The Morgan fingerprint density at radius 1 is 1.24 bits per heavy atom. The number of nitro groups is 1. The molecule has 1 rings (SSSR count). The number of nitro benzene ring substituents is 1. The third-order valence-electron chi connectivity index (χ3n) is 2.83. The molecule has 0 radical (unpaired) electrons. The molecule has 0 atom stereocenters. The van der Waals surface area contributed by atoms with Gasteiger partial charge in [-0.2, -0.15) is 0 Å². The second-order valence-corrected chi connectivity index (χ2v) is 4.50. The van der Waals surface area contributed by atoms with Crippen molar-refractivity contribution in [1.82, 2.24) is 5.32 Å². The Morgan fingerprint density at radius 2 is 1.95 bits per heavy atom. The minimum absolute atomic E-state index is 0.0839. The molecule has 1 aromatic carbocycles. The monoisotopic (exact) mass is 296 g/mol. The highest BCUT2D eigenvalue weighted by Crippen LogP contribution is 2.25. The quantitative estimate of drug-likeness (QED) is 0.388. The summed E-state index contributed by atoms with van der Waals surface area (Å²) in [6.07, 6.45) is 3.47. The number of hydrogen-bond acceptors (Lipinski definition) is 5. The first-order chi connectivity index (χ1) is 10.1. The second kappa shape index (κ2) is 9.71. The van der Waals surface area contributed by atoms with Crippen LogP contribution in [0.2, 0.25) is 0 Å². The van der Waals surface area contributed by atoms with Gasteiger partial charge in [-0.25, -0.2) is 0 Å². The van der Waals surface area contributed by atoms with Crippen LogP contribution >= 0.6 is 0 Å². The largest absolute Gasteiger partial charge is 0.477 e. The van der Waals surface area contributed by atoms with Crippen molar-refractivity contribution in [2.75, 3.05) is 19.8 Å². The average Bonchev–Trinajstić information content (AvgIpc) is 2.49. The highest BCUT2D eigenvalue weighted by molar-refractivity contribution is 5.77. The van der Waals surface area contributed by atoms with E-state index < -0.39 is 4.92 Å². The molecule has 0 aliphatic heterocycles. The van der Waals surface area contributed by atoms with Gasteiger partial charge in [-0.3, -0.25) is 14.9 Å². The van der Waals surface area contributed by atoms with Crippen LogP contribution in [0.1, 0.15) is 25.7 Å². The summed E-state index contributed by atoms with van der Waals surface area (Å²) in [6, 6.07) is 5.94. The first kappa shape index (κ1) is 16.9. The lowest BCUT2D eigenvalue weighted by Crippen LogP contribution is -2.29. The van der Waals surface area contributed by atoms with Gasteiger partial charge in [-0.05, 0) is 18.9 Å². The van der Waals surface area contributed by atoms with Crippen molar-refractivity contribution >= 4 is 11.6 Å². The Bertz CT molecular complexity index is 464. The normalized spacial score (nSPS) is 10.1. The van der Waals surface area contributed by atoms with Crippen LogP contribution in [-0.4, -0.2) is 35.7 Å². The molecular formula is C14H20N2O5. The summed E-state index contributed by atoms with van der Waals surface area (Å²) in [5.74, 6) is -0.226. The van der Waals surface area contributed by atoms with Gasteiger partial charge in [0.2, 0.25) is 0 Å². The van der Waals surface area contributed by atoms with Crippen molar-refractivity contribution in [2.24, 2.45) is 0 Å². The zero-order valence-electron chi connectivity index (χ0n) is 11.8. The van der Waals surface area contributed by atoms with Gasteiger partial charge in [0, 0.05) is 19.2 Å². The van der Waals surface area contributed by atoms with Crippen LogP contribution in [0.25, 0.3) is 0 Å². The molecular weight excluding hydrogens is 276 g/mol. The SMILES string of the molecule is O=C(COc1ccccc1[N+](=O)[O-])NCCCCCCO. The van der Waals surface area contributed by atoms with E-state index >= 15 is 0 Å². The molecule has 0 bridgehead atoms. The summed E-state index contributed by atoms with van der Waals surface area (Å²) in [5, 5.41) is 22.1. The van der Waals surface area contributed by atoms with Gasteiger partial charge in [-0.1, -0.05) is 25.0 Å². The zero-order chi connectivity index (χ0) is 15.5. The summed E-state index contributed by atoms with van der Waals surface area (Å²) in [7, 11) is 0. The van der Waals surface area contributed by atoms with E-state index in [1.54, 1.807) is 6.07 Å². The van der Waals surface area contributed by atoms with E-state index in [9.17, 15) is 14.9 Å². The van der Waals surface area contributed by atoms with Gasteiger partial charge in [0.25, 0.3) is 5.91 Å². The number of nitrogens with one attached hydrogen (secondary N) is 1. The Morgan fingerprint density at radius 3 is 2.67 bits per heavy atom. The number of aliphatic hydroxyl groups is 1. The molecule has 0 aliphatic rings. The molecule has 0 fully saturated rings. The molecule has 21 heavy (non-hydrogen) atoms. The summed E-state index contributed by atoms with van der Waals surface area (Å²) in [5.41, 5.74) is -0.158. The van der Waals surface area contributed by atoms with E-state index in [1.165, 1.54) is 18.2 Å². The topological polar surface area (TPSA) is 102 Å². The van der Waals surface area contributed by atoms with Crippen LogP contribution in [-0.2, 0) is 4.79 Å². The maximum Gasteiger partial charge on any atom is 0.310 e. The predicted molar refractivity (Wildman–Crippen MR) is 77.2 cm³/mol. The molecule has 0 heterocycles. The van der Waals surface area contributed by atoms with Gasteiger partial charge in [0.15, 0.2) is 12.4 Å². The van der Waals surface area contributed by atoms with Gasteiger partial charge in [-0.15, -0.1) is 0 Å². The summed E-state index contributed by atoms with van der Waals surface area (Å²) >= 11 is 0. The number of ether oxygens (including phenoxy) is 1. The zero-order valence-corrected chi connectivity index (χ0v) is 11.8. The average molecular weight is 296 g/mol. The smallest absolute Gasteiger partial charge is 0.310 e. The van der Waals surface area contributed by atoms with Crippen molar-refractivity contribution in [3.8, 4) is 5.75 Å². The summed E-state index contributed by atoms with van der Waals surface area (Å²) in [4.78, 5) is 21.8. The molecule has 7 nitrogen and oxygen atoms in total. The van der Waals surface area contributed by atoms with E-state index in [0.29, 0.717) is 6.54 Å². The Balaban J connectivity index is 2.26. The lowest BCUT2D eigenvalue weighted by molar-refractivity contribution is -0.385. The molecule has 1 amide bonds. The molecule has 7 heteroatoms. The lowest BCUT2D eigenvalue weighted by atomic mass is 10.2. The molecule has 0 aliphatic carbocycles. The Labute approximate surface area is 123 Å². The maximum absolute atomic E-state index is 11.5. The van der Waals surface area contributed by atoms with E-state index in [4.69, 9.17) is 9.84 Å². The summed E-state index contributed by atoms with van der Waals surface area (Å²) in [6.45, 7) is 0.474. The number of nitrogens with zero attached hydrogens (tertiary/aromatic N) is 1. The molecule has 0 aromatic heterocycles. The maximum atomic E-state index is 11.5. The number of para-hydroxylation sites is 2. The lowest BCUT2D eigenvalue weighted by Gasteiger charge is -2.07. The van der Waals surface area contributed by atoms with E-state index in [2.05, 4.69) is 5.32 Å². The number of hydrogen-bond donors (Lipinski definition) is 2. The Hall–Kier alpha value is -2.15. The van der Waals surface area contributed by atoms with E-state index in [-0.39, 0.29) is 30.6 Å². The molecule has 1 aromatic rings. The number of carbonyl (C=O) groups excluding carboxylic acids is 1. The van der Waals surface area contributed by atoms with Crippen LogP contribution in [0.4, 0.5) is 5.69 Å². The molecule has 0 spiro atoms. The fourth-order valence-electron chi connectivity index (χ4n) is 1.74. The number of benzene rings is 1. The number of amides is 1. The number of carbonyl (C=O) groups is 1. The van der Waals surface area contributed by atoms with Crippen LogP contribution in [0.3, 0.4) is 0 Å². The van der Waals surface area contributed by atoms with Gasteiger partial charge in [0.05, 0.1) is 4.92 Å². The minimum atomic E-state index is -0.547. The fourth-order valence-corrected chi connectivity index (χ4v) is 1.74. The first-order valence-electron chi connectivity index (χ1n) is 6.89. The third kappa shape index (κ3) is 6.71. The first-order valence-corrected chi connectivity index (χ1v) is 6.89. The molecule has 0 saturated heterocycles. The number of rotatable bonds is 10. The predicted octanol–water partition coefficient (Wildman–Crippen LogP) is 1.64.